The minimum absolute atomic E-state index is 0.00810. The molecule has 1 N–H and O–H groups in total. The van der Waals surface area contributed by atoms with Gasteiger partial charge in [0.2, 0.25) is 0 Å². The molecule has 4 nitrogen and oxygen atoms in total. The van der Waals surface area contributed by atoms with E-state index in [1.54, 1.807) is 6.07 Å². The third-order valence-electron chi connectivity index (χ3n) is 3.17. The average molecular weight is 300 g/mol. The summed E-state index contributed by atoms with van der Waals surface area (Å²) in [5, 5.41) is 4.06. The SMILES string of the molecule is O=S1(=O)CCC(NCc2nc3cc(F)ccc3s2)C1. The van der Waals surface area contributed by atoms with Gasteiger partial charge < -0.3 is 5.32 Å². The maximum atomic E-state index is 13.0. The van der Waals surface area contributed by atoms with Gasteiger partial charge in [-0.3, -0.25) is 0 Å². The first-order valence-electron chi connectivity index (χ1n) is 6.01. The highest BCUT2D eigenvalue weighted by Crippen LogP contribution is 2.23. The van der Waals surface area contributed by atoms with E-state index in [2.05, 4.69) is 10.3 Å². The number of sulfone groups is 1. The Labute approximate surface area is 114 Å². The molecule has 2 aromatic rings. The van der Waals surface area contributed by atoms with Gasteiger partial charge in [-0.15, -0.1) is 11.3 Å². The van der Waals surface area contributed by atoms with Gasteiger partial charge in [0, 0.05) is 18.7 Å². The van der Waals surface area contributed by atoms with Gasteiger partial charge in [-0.25, -0.2) is 17.8 Å². The van der Waals surface area contributed by atoms with Gasteiger partial charge in [0.1, 0.15) is 10.8 Å². The Bertz CT molecular complexity index is 712. The molecule has 0 bridgehead atoms. The Kier molecular flexibility index (Phi) is 3.28. The van der Waals surface area contributed by atoms with Crippen LogP contribution in [0.25, 0.3) is 10.2 Å². The summed E-state index contributed by atoms with van der Waals surface area (Å²) in [6, 6.07) is 4.55. The summed E-state index contributed by atoms with van der Waals surface area (Å²) in [4.78, 5) is 4.34. The molecule has 0 spiro atoms. The number of fused-ring (bicyclic) bond motifs is 1. The highest BCUT2D eigenvalue weighted by atomic mass is 32.2. The molecule has 2 heterocycles. The smallest absolute Gasteiger partial charge is 0.151 e. The minimum Gasteiger partial charge on any atom is -0.307 e. The first kappa shape index (κ1) is 13.0. The second kappa shape index (κ2) is 4.81. The topological polar surface area (TPSA) is 59.1 Å². The standard InChI is InChI=1S/C12H13FN2O2S2/c13-8-1-2-11-10(5-8)15-12(18-11)6-14-9-3-4-19(16,17)7-9/h1-2,5,9,14H,3-4,6-7H2. The lowest BCUT2D eigenvalue weighted by Crippen LogP contribution is -2.29. The summed E-state index contributed by atoms with van der Waals surface area (Å²) < 4.78 is 36.7. The van der Waals surface area contributed by atoms with Crippen LogP contribution in [-0.4, -0.2) is 30.9 Å². The van der Waals surface area contributed by atoms with Crippen LogP contribution >= 0.6 is 11.3 Å². The predicted octanol–water partition coefficient (Wildman–Crippen LogP) is 1.71. The predicted molar refractivity (Wildman–Crippen MR) is 73.5 cm³/mol. The van der Waals surface area contributed by atoms with E-state index in [4.69, 9.17) is 0 Å². The average Bonchev–Trinajstić information content (AvgIpc) is 2.89. The lowest BCUT2D eigenvalue weighted by Gasteiger charge is -2.07. The Morgan fingerprint density at radius 3 is 3.05 bits per heavy atom. The summed E-state index contributed by atoms with van der Waals surface area (Å²) in [7, 11) is -2.86. The Morgan fingerprint density at radius 1 is 1.47 bits per heavy atom. The molecule has 0 amide bonds. The van der Waals surface area contributed by atoms with Gasteiger partial charge in [0.25, 0.3) is 0 Å². The number of thiazole rings is 1. The summed E-state index contributed by atoms with van der Waals surface area (Å²) in [5.74, 6) is 0.168. The first-order chi connectivity index (χ1) is 9.02. The van der Waals surface area contributed by atoms with Gasteiger partial charge in [-0.1, -0.05) is 0 Å². The third kappa shape index (κ3) is 2.93. The molecule has 1 atom stereocenters. The van der Waals surface area contributed by atoms with Crippen LogP contribution in [0.1, 0.15) is 11.4 Å². The molecule has 1 fully saturated rings. The van der Waals surface area contributed by atoms with Crippen molar-refractivity contribution in [3.63, 3.8) is 0 Å². The number of nitrogens with zero attached hydrogens (tertiary/aromatic N) is 1. The van der Waals surface area contributed by atoms with Crippen molar-refractivity contribution in [2.75, 3.05) is 11.5 Å². The van der Waals surface area contributed by atoms with Gasteiger partial charge >= 0.3 is 0 Å². The quantitative estimate of drug-likeness (QED) is 0.937. The van der Waals surface area contributed by atoms with E-state index in [1.165, 1.54) is 23.5 Å². The zero-order chi connectivity index (χ0) is 13.5. The van der Waals surface area contributed by atoms with Crippen molar-refractivity contribution in [1.82, 2.24) is 10.3 Å². The maximum Gasteiger partial charge on any atom is 0.151 e. The molecule has 0 aliphatic carbocycles. The summed E-state index contributed by atoms with van der Waals surface area (Å²) >= 11 is 1.50. The van der Waals surface area contributed by atoms with E-state index >= 15 is 0 Å². The molecule has 1 saturated heterocycles. The fraction of sp³-hybridized carbons (Fsp3) is 0.417. The van der Waals surface area contributed by atoms with Gasteiger partial charge in [-0.05, 0) is 18.6 Å². The zero-order valence-electron chi connectivity index (χ0n) is 10.1. The minimum atomic E-state index is -2.86. The van der Waals surface area contributed by atoms with Gasteiger partial charge in [0.15, 0.2) is 9.84 Å². The molecule has 19 heavy (non-hydrogen) atoms. The molecule has 102 valence electrons. The molecular weight excluding hydrogens is 287 g/mol. The van der Waals surface area contributed by atoms with Crippen LogP contribution < -0.4 is 5.32 Å². The summed E-state index contributed by atoms with van der Waals surface area (Å²) in [6.07, 6.45) is 0.655. The Balaban J connectivity index is 1.69. The van der Waals surface area contributed by atoms with Crippen LogP contribution in [0, 0.1) is 5.82 Å². The molecule has 3 rings (SSSR count). The van der Waals surface area contributed by atoms with Crippen molar-refractivity contribution in [3.8, 4) is 0 Å². The zero-order valence-corrected chi connectivity index (χ0v) is 11.7. The van der Waals surface area contributed by atoms with Crippen LogP contribution in [0.4, 0.5) is 4.39 Å². The number of nitrogens with one attached hydrogen (secondary N) is 1. The molecule has 0 saturated carbocycles. The second-order valence-corrected chi connectivity index (χ2v) is 8.04. The largest absolute Gasteiger partial charge is 0.307 e. The molecule has 1 aliphatic heterocycles. The highest BCUT2D eigenvalue weighted by molar-refractivity contribution is 7.91. The summed E-state index contributed by atoms with van der Waals surface area (Å²) in [5.41, 5.74) is 0.654. The van der Waals surface area contributed by atoms with E-state index in [-0.39, 0.29) is 23.4 Å². The second-order valence-electron chi connectivity index (χ2n) is 4.70. The summed E-state index contributed by atoms with van der Waals surface area (Å²) in [6.45, 7) is 0.529. The van der Waals surface area contributed by atoms with Crippen LogP contribution in [-0.2, 0) is 16.4 Å². The van der Waals surface area contributed by atoms with Crippen LogP contribution in [0.5, 0.6) is 0 Å². The van der Waals surface area contributed by atoms with Crippen molar-refractivity contribution in [2.45, 2.75) is 19.0 Å². The van der Waals surface area contributed by atoms with Crippen molar-refractivity contribution in [3.05, 3.63) is 29.0 Å². The van der Waals surface area contributed by atoms with Crippen LogP contribution in [0.2, 0.25) is 0 Å². The number of benzene rings is 1. The lowest BCUT2D eigenvalue weighted by molar-refractivity contribution is 0.553. The van der Waals surface area contributed by atoms with Crippen molar-refractivity contribution in [2.24, 2.45) is 0 Å². The third-order valence-corrected chi connectivity index (χ3v) is 5.97. The maximum absolute atomic E-state index is 13.0. The lowest BCUT2D eigenvalue weighted by atomic mass is 10.3. The van der Waals surface area contributed by atoms with Gasteiger partial charge in [-0.2, -0.15) is 0 Å². The van der Waals surface area contributed by atoms with Crippen LogP contribution in [0.3, 0.4) is 0 Å². The Morgan fingerprint density at radius 2 is 2.32 bits per heavy atom. The highest BCUT2D eigenvalue weighted by Gasteiger charge is 2.27. The van der Waals surface area contributed by atoms with Crippen LogP contribution in [0.15, 0.2) is 18.2 Å². The van der Waals surface area contributed by atoms with Crippen molar-refractivity contribution >= 4 is 31.4 Å². The van der Waals surface area contributed by atoms with E-state index in [1.807, 2.05) is 0 Å². The molecule has 0 radical (unpaired) electrons. The number of hydrogen-bond donors (Lipinski definition) is 1. The molecule has 1 aliphatic rings. The van der Waals surface area contributed by atoms with Crippen molar-refractivity contribution in [1.29, 1.82) is 0 Å². The van der Waals surface area contributed by atoms with E-state index in [0.717, 1.165) is 9.71 Å². The Hall–Kier alpha value is -1.05. The fourth-order valence-corrected chi connectivity index (χ4v) is 4.82. The number of halogens is 1. The van der Waals surface area contributed by atoms with E-state index in [0.29, 0.717) is 18.5 Å². The molecule has 7 heteroatoms. The molecule has 1 unspecified atom stereocenters. The molecule has 1 aromatic heterocycles. The normalized spacial score (nSPS) is 22.1. The van der Waals surface area contributed by atoms with E-state index < -0.39 is 9.84 Å². The van der Waals surface area contributed by atoms with E-state index in [9.17, 15) is 12.8 Å². The fourth-order valence-electron chi connectivity index (χ4n) is 2.21. The first-order valence-corrected chi connectivity index (χ1v) is 8.64. The van der Waals surface area contributed by atoms with Gasteiger partial charge in [0.05, 0.1) is 21.7 Å². The van der Waals surface area contributed by atoms with Crippen molar-refractivity contribution < 1.29 is 12.8 Å². The monoisotopic (exact) mass is 300 g/mol. The number of aromatic nitrogens is 1. The number of hydrogen-bond acceptors (Lipinski definition) is 5. The number of rotatable bonds is 3. The molecule has 1 aromatic carbocycles. The molecular formula is C12H13FN2O2S2.